The van der Waals surface area contributed by atoms with E-state index in [9.17, 15) is 29.6 Å². The molecule has 2 aromatic rings. The number of nitrogens with zero attached hydrogens (tertiary/aromatic N) is 2. The van der Waals surface area contributed by atoms with Crippen LogP contribution in [0.15, 0.2) is 36.4 Å². The molecular weight excluding hydrogens is 396 g/mol. The number of carbonyl (C=O) groups is 3. The largest absolute Gasteiger partial charge is 0.493 e. The van der Waals surface area contributed by atoms with Crippen molar-refractivity contribution in [2.24, 2.45) is 0 Å². The fraction of sp³-hybridized carbons (Fsp3) is 0.250. The van der Waals surface area contributed by atoms with Crippen LogP contribution in [0.5, 0.6) is 11.5 Å². The molecule has 0 spiro atoms. The maximum Gasteiger partial charge on any atom is 0.305 e. The number of methoxy groups -OCH3 is 1. The molecule has 0 aromatic heterocycles. The number of hydrogen-bond acceptors (Lipinski definition) is 7. The Hall–Kier alpha value is -3.95. The van der Waals surface area contributed by atoms with Crippen molar-refractivity contribution in [2.45, 2.75) is 19.4 Å². The molecule has 2 aromatic carbocycles. The van der Waals surface area contributed by atoms with Gasteiger partial charge in [0.2, 0.25) is 0 Å². The van der Waals surface area contributed by atoms with Gasteiger partial charge in [0, 0.05) is 6.07 Å². The number of carboxylic acids is 1. The standard InChI is InChI=1S/C20H18N2O8/c1-3-30-16-9-11(7-8-15(16)29-2)14(10-17(23)24)21-19(25)12-5-4-6-13(22(27)28)18(12)20(21)26/h4-9,14H,3,10H2,1-2H3,(H,23,24)/t14-/m1/s1. The summed E-state index contributed by atoms with van der Waals surface area (Å²) in [4.78, 5) is 48.8. The van der Waals surface area contributed by atoms with Crippen LogP contribution >= 0.6 is 0 Å². The van der Waals surface area contributed by atoms with Crippen molar-refractivity contribution in [3.63, 3.8) is 0 Å². The quantitative estimate of drug-likeness (QED) is 0.396. The van der Waals surface area contributed by atoms with Crippen molar-refractivity contribution in [1.29, 1.82) is 0 Å². The van der Waals surface area contributed by atoms with E-state index in [1.165, 1.54) is 37.4 Å². The highest BCUT2D eigenvalue weighted by Gasteiger charge is 2.45. The number of rotatable bonds is 8. The topological polar surface area (TPSA) is 136 Å². The van der Waals surface area contributed by atoms with Crippen LogP contribution in [0.25, 0.3) is 0 Å². The summed E-state index contributed by atoms with van der Waals surface area (Å²) in [5.41, 5.74) is -0.671. The number of nitro benzene ring substituents is 1. The molecule has 10 nitrogen and oxygen atoms in total. The first-order chi connectivity index (χ1) is 14.3. The summed E-state index contributed by atoms with van der Waals surface area (Å²) in [6.45, 7) is 2.06. The van der Waals surface area contributed by atoms with Crippen LogP contribution in [0.3, 0.4) is 0 Å². The number of aliphatic carboxylic acids is 1. The molecule has 0 unspecified atom stereocenters. The lowest BCUT2D eigenvalue weighted by atomic mass is 10.0. The van der Waals surface area contributed by atoms with E-state index < -0.39 is 40.9 Å². The Bertz CT molecular complexity index is 1050. The first-order valence-electron chi connectivity index (χ1n) is 8.97. The molecule has 3 rings (SSSR count). The summed E-state index contributed by atoms with van der Waals surface area (Å²) < 4.78 is 10.7. The molecule has 30 heavy (non-hydrogen) atoms. The normalized spacial score (nSPS) is 13.7. The maximum atomic E-state index is 13.0. The molecule has 1 N–H and O–H groups in total. The van der Waals surface area contributed by atoms with E-state index in [1.807, 2.05) is 0 Å². The number of amides is 2. The fourth-order valence-electron chi connectivity index (χ4n) is 3.41. The molecule has 10 heteroatoms. The average Bonchev–Trinajstić information content (AvgIpc) is 2.96. The summed E-state index contributed by atoms with van der Waals surface area (Å²) in [5.74, 6) is -2.25. The molecule has 0 aliphatic carbocycles. The Morgan fingerprint density at radius 2 is 1.93 bits per heavy atom. The SMILES string of the molecule is CCOc1cc([C@@H](CC(=O)O)N2C(=O)c3cccc([N+](=O)[O-])c3C2=O)ccc1OC. The van der Waals surface area contributed by atoms with Gasteiger partial charge in [0.1, 0.15) is 5.56 Å². The molecule has 0 bridgehead atoms. The van der Waals surface area contributed by atoms with Crippen LogP contribution < -0.4 is 9.47 Å². The number of benzene rings is 2. The maximum absolute atomic E-state index is 13.0. The summed E-state index contributed by atoms with van der Waals surface area (Å²) in [5, 5.41) is 20.7. The van der Waals surface area contributed by atoms with Crippen LogP contribution in [-0.4, -0.2) is 46.4 Å². The average molecular weight is 414 g/mol. The van der Waals surface area contributed by atoms with Crippen molar-refractivity contribution >= 4 is 23.5 Å². The number of carbonyl (C=O) groups excluding carboxylic acids is 2. The minimum atomic E-state index is -1.25. The van der Waals surface area contributed by atoms with E-state index in [4.69, 9.17) is 9.47 Å². The molecule has 0 saturated heterocycles. The van der Waals surface area contributed by atoms with E-state index in [0.29, 0.717) is 23.7 Å². The number of carboxylic acid groups (broad SMARTS) is 1. The van der Waals surface area contributed by atoms with Gasteiger partial charge in [-0.05, 0) is 30.7 Å². The second-order valence-electron chi connectivity index (χ2n) is 6.39. The third kappa shape index (κ3) is 3.54. The highest BCUT2D eigenvalue weighted by Crippen LogP contribution is 2.39. The summed E-state index contributed by atoms with van der Waals surface area (Å²) in [6, 6.07) is 7.09. The van der Waals surface area contributed by atoms with Gasteiger partial charge in [-0.3, -0.25) is 29.4 Å². The van der Waals surface area contributed by atoms with E-state index in [-0.39, 0.29) is 11.1 Å². The molecule has 2 amide bonds. The van der Waals surface area contributed by atoms with Crippen LogP contribution in [0.2, 0.25) is 0 Å². The molecule has 1 heterocycles. The predicted molar refractivity (Wildman–Crippen MR) is 103 cm³/mol. The van der Waals surface area contributed by atoms with Gasteiger partial charge in [0.15, 0.2) is 11.5 Å². The van der Waals surface area contributed by atoms with E-state index in [1.54, 1.807) is 6.92 Å². The first kappa shape index (κ1) is 20.8. The zero-order valence-electron chi connectivity index (χ0n) is 16.2. The van der Waals surface area contributed by atoms with Gasteiger partial charge < -0.3 is 14.6 Å². The van der Waals surface area contributed by atoms with Crippen molar-refractivity contribution in [2.75, 3.05) is 13.7 Å². The lowest BCUT2D eigenvalue weighted by molar-refractivity contribution is -0.385. The van der Waals surface area contributed by atoms with Crippen molar-refractivity contribution < 1.29 is 33.9 Å². The van der Waals surface area contributed by atoms with Crippen LogP contribution in [0, 0.1) is 10.1 Å². The Morgan fingerprint density at radius 1 is 1.20 bits per heavy atom. The number of hydrogen-bond donors (Lipinski definition) is 1. The molecule has 156 valence electrons. The van der Waals surface area contributed by atoms with Gasteiger partial charge in [-0.2, -0.15) is 0 Å². The lowest BCUT2D eigenvalue weighted by Gasteiger charge is -2.26. The third-order valence-electron chi connectivity index (χ3n) is 4.67. The minimum Gasteiger partial charge on any atom is -0.493 e. The molecule has 0 fully saturated rings. The lowest BCUT2D eigenvalue weighted by Crippen LogP contribution is -2.35. The van der Waals surface area contributed by atoms with Gasteiger partial charge >= 0.3 is 5.97 Å². The monoisotopic (exact) mass is 414 g/mol. The Labute approximate surface area is 170 Å². The van der Waals surface area contributed by atoms with Gasteiger partial charge in [-0.25, -0.2) is 0 Å². The molecule has 1 aliphatic rings. The van der Waals surface area contributed by atoms with E-state index in [0.717, 1.165) is 11.0 Å². The number of nitro groups is 1. The Morgan fingerprint density at radius 3 is 2.53 bits per heavy atom. The highest BCUT2D eigenvalue weighted by atomic mass is 16.6. The predicted octanol–water partition coefficient (Wildman–Crippen LogP) is 2.81. The number of ether oxygens (including phenoxy) is 2. The molecule has 0 saturated carbocycles. The van der Waals surface area contributed by atoms with Crippen LogP contribution in [0.4, 0.5) is 5.69 Å². The summed E-state index contributed by atoms with van der Waals surface area (Å²) in [7, 11) is 1.44. The van der Waals surface area contributed by atoms with Gasteiger partial charge in [-0.1, -0.05) is 12.1 Å². The third-order valence-corrected chi connectivity index (χ3v) is 4.67. The van der Waals surface area contributed by atoms with Crippen LogP contribution in [-0.2, 0) is 4.79 Å². The number of fused-ring (bicyclic) bond motifs is 1. The van der Waals surface area contributed by atoms with Crippen molar-refractivity contribution in [3.8, 4) is 11.5 Å². The molecular formula is C20H18N2O8. The zero-order valence-corrected chi connectivity index (χ0v) is 16.2. The zero-order chi connectivity index (χ0) is 22.0. The van der Waals surface area contributed by atoms with Crippen molar-refractivity contribution in [1.82, 2.24) is 4.90 Å². The minimum absolute atomic E-state index is 0.136. The second-order valence-corrected chi connectivity index (χ2v) is 6.39. The van der Waals surface area contributed by atoms with Gasteiger partial charge in [-0.15, -0.1) is 0 Å². The fourth-order valence-corrected chi connectivity index (χ4v) is 3.41. The van der Waals surface area contributed by atoms with Crippen molar-refractivity contribution in [3.05, 3.63) is 63.2 Å². The molecule has 1 aliphatic heterocycles. The first-order valence-corrected chi connectivity index (χ1v) is 8.97. The number of imide groups is 1. The Kier molecular flexibility index (Phi) is 5.67. The van der Waals surface area contributed by atoms with Gasteiger partial charge in [0.05, 0.1) is 36.7 Å². The summed E-state index contributed by atoms with van der Waals surface area (Å²) >= 11 is 0. The highest BCUT2D eigenvalue weighted by molar-refractivity contribution is 6.23. The van der Waals surface area contributed by atoms with Gasteiger partial charge in [0.25, 0.3) is 17.5 Å². The molecule has 1 atom stereocenters. The smallest absolute Gasteiger partial charge is 0.305 e. The Balaban J connectivity index is 2.12. The van der Waals surface area contributed by atoms with Crippen LogP contribution in [0.1, 0.15) is 45.7 Å². The second kappa shape index (κ2) is 8.19. The van der Waals surface area contributed by atoms with E-state index >= 15 is 0 Å². The molecule has 0 radical (unpaired) electrons. The summed E-state index contributed by atoms with van der Waals surface area (Å²) in [6.07, 6.45) is -0.586. The van der Waals surface area contributed by atoms with E-state index in [2.05, 4.69) is 0 Å².